The molecule has 0 unspecified atom stereocenters. The molecule has 3 aromatic rings. The molecule has 156 valence electrons. The van der Waals surface area contributed by atoms with Gasteiger partial charge >= 0.3 is 0 Å². The van der Waals surface area contributed by atoms with Crippen molar-refractivity contribution in [3.63, 3.8) is 0 Å². The standard InChI is InChI=1S/C21H17N5O5/c1-29-15-8-4-7-13(19(15)30-2)16-14(10-22)20(23)31-21-17(16)18(24-25-21)11-5-3-6-12(9-11)26(27)28/h3-9,16H,23H2,1-2H3,(H,24,25)/t16-/m1/s1. The third kappa shape index (κ3) is 3.18. The molecule has 10 nitrogen and oxygen atoms in total. The van der Waals surface area contributed by atoms with Crippen LogP contribution in [0, 0.1) is 21.4 Å². The molecular formula is C21H17N5O5. The Balaban J connectivity index is 1.99. The van der Waals surface area contributed by atoms with Gasteiger partial charge in [-0.1, -0.05) is 24.3 Å². The SMILES string of the molecule is COc1cccc([C@@H]2C(C#N)=C(N)Oc3n[nH]c(-c4cccc([N+](=O)[O-])c4)c32)c1OC. The second kappa shape index (κ2) is 7.72. The van der Waals surface area contributed by atoms with Crippen molar-refractivity contribution in [2.45, 2.75) is 5.92 Å². The number of nitrogens with zero attached hydrogens (tertiary/aromatic N) is 3. The van der Waals surface area contributed by atoms with Crippen molar-refractivity contribution in [2.24, 2.45) is 5.73 Å². The summed E-state index contributed by atoms with van der Waals surface area (Å²) in [5.74, 6) is 0.292. The Hall–Kier alpha value is -4.52. The lowest BCUT2D eigenvalue weighted by atomic mass is 9.82. The van der Waals surface area contributed by atoms with Crippen LogP contribution in [0.15, 0.2) is 53.9 Å². The zero-order chi connectivity index (χ0) is 22.1. The van der Waals surface area contributed by atoms with Crippen LogP contribution in [0.25, 0.3) is 11.3 Å². The number of rotatable bonds is 5. The molecule has 3 N–H and O–H groups in total. The smallest absolute Gasteiger partial charge is 0.270 e. The van der Waals surface area contributed by atoms with Gasteiger partial charge in [-0.15, -0.1) is 5.10 Å². The summed E-state index contributed by atoms with van der Waals surface area (Å²) in [6.45, 7) is 0. The minimum atomic E-state index is -0.702. The largest absolute Gasteiger partial charge is 0.493 e. The van der Waals surface area contributed by atoms with Gasteiger partial charge in [-0.05, 0) is 6.07 Å². The lowest BCUT2D eigenvalue weighted by Gasteiger charge is -2.26. The molecule has 0 radical (unpaired) electrons. The highest BCUT2D eigenvalue weighted by Crippen LogP contribution is 2.49. The molecule has 2 heterocycles. The summed E-state index contributed by atoms with van der Waals surface area (Å²) >= 11 is 0. The van der Waals surface area contributed by atoms with E-state index in [1.54, 1.807) is 30.3 Å². The van der Waals surface area contributed by atoms with E-state index in [0.717, 1.165) is 0 Å². The van der Waals surface area contributed by atoms with Gasteiger partial charge in [-0.2, -0.15) is 5.26 Å². The zero-order valence-electron chi connectivity index (χ0n) is 16.6. The Morgan fingerprint density at radius 2 is 2.03 bits per heavy atom. The number of benzene rings is 2. The highest BCUT2D eigenvalue weighted by molar-refractivity contribution is 5.73. The van der Waals surface area contributed by atoms with Crippen LogP contribution in [0.5, 0.6) is 17.4 Å². The minimum absolute atomic E-state index is 0.0800. The second-order valence-electron chi connectivity index (χ2n) is 6.63. The first-order chi connectivity index (χ1) is 15.0. The van der Waals surface area contributed by atoms with Gasteiger partial charge in [0.15, 0.2) is 11.5 Å². The molecule has 1 aliphatic heterocycles. The number of nitriles is 1. The fourth-order valence-electron chi connectivity index (χ4n) is 3.69. The molecule has 10 heteroatoms. The summed E-state index contributed by atoms with van der Waals surface area (Å²) in [7, 11) is 3.01. The number of nitrogens with one attached hydrogen (secondary N) is 1. The Morgan fingerprint density at radius 3 is 2.71 bits per heavy atom. The molecule has 1 aliphatic rings. The van der Waals surface area contributed by atoms with Gasteiger partial charge in [0.25, 0.3) is 5.69 Å². The van der Waals surface area contributed by atoms with Crippen LogP contribution in [-0.2, 0) is 0 Å². The van der Waals surface area contributed by atoms with E-state index in [1.165, 1.54) is 26.4 Å². The number of para-hydroxylation sites is 1. The number of hydrogen-bond acceptors (Lipinski definition) is 8. The van der Waals surface area contributed by atoms with E-state index in [2.05, 4.69) is 16.3 Å². The van der Waals surface area contributed by atoms with Crippen LogP contribution in [0.4, 0.5) is 5.69 Å². The van der Waals surface area contributed by atoms with Gasteiger partial charge < -0.3 is 19.9 Å². The fraction of sp³-hybridized carbons (Fsp3) is 0.143. The summed E-state index contributed by atoms with van der Waals surface area (Å²) in [6, 6.07) is 13.5. The molecule has 0 saturated carbocycles. The molecule has 4 rings (SSSR count). The van der Waals surface area contributed by atoms with Gasteiger partial charge in [0.05, 0.1) is 36.3 Å². The number of non-ortho nitro benzene ring substituents is 1. The second-order valence-corrected chi connectivity index (χ2v) is 6.63. The van der Waals surface area contributed by atoms with Crippen molar-refractivity contribution in [3.8, 4) is 34.7 Å². The summed E-state index contributed by atoms with van der Waals surface area (Å²) in [5, 5.41) is 28.2. The number of nitro groups is 1. The maximum absolute atomic E-state index is 11.3. The highest BCUT2D eigenvalue weighted by atomic mass is 16.6. The number of H-pyrrole nitrogens is 1. The predicted octanol–water partition coefficient (Wildman–Crippen LogP) is 3.22. The maximum atomic E-state index is 11.3. The molecule has 2 aromatic carbocycles. The van der Waals surface area contributed by atoms with E-state index in [1.807, 2.05) is 0 Å². The predicted molar refractivity (Wildman–Crippen MR) is 110 cm³/mol. The fourth-order valence-corrected chi connectivity index (χ4v) is 3.69. The average Bonchev–Trinajstić information content (AvgIpc) is 3.20. The van der Waals surface area contributed by atoms with Crippen molar-refractivity contribution >= 4 is 5.69 Å². The van der Waals surface area contributed by atoms with E-state index >= 15 is 0 Å². The normalized spacial score (nSPS) is 14.9. The minimum Gasteiger partial charge on any atom is -0.493 e. The van der Waals surface area contributed by atoms with Crippen LogP contribution >= 0.6 is 0 Å². The van der Waals surface area contributed by atoms with E-state index in [-0.39, 0.29) is 23.0 Å². The van der Waals surface area contributed by atoms with Crippen molar-refractivity contribution in [1.29, 1.82) is 5.26 Å². The molecule has 1 aromatic heterocycles. The van der Waals surface area contributed by atoms with Crippen molar-refractivity contribution in [2.75, 3.05) is 14.2 Å². The molecule has 0 spiro atoms. The molecular weight excluding hydrogens is 402 g/mol. The summed E-state index contributed by atoms with van der Waals surface area (Å²) in [6.07, 6.45) is 0. The highest BCUT2D eigenvalue weighted by Gasteiger charge is 2.37. The Morgan fingerprint density at radius 1 is 1.26 bits per heavy atom. The summed E-state index contributed by atoms with van der Waals surface area (Å²) < 4.78 is 16.6. The molecule has 0 amide bonds. The average molecular weight is 419 g/mol. The third-order valence-corrected chi connectivity index (χ3v) is 5.03. The third-order valence-electron chi connectivity index (χ3n) is 5.03. The molecule has 1 atom stereocenters. The topological polar surface area (TPSA) is 149 Å². The van der Waals surface area contributed by atoms with Crippen LogP contribution in [0.2, 0.25) is 0 Å². The number of fused-ring (bicyclic) bond motifs is 1. The first-order valence-electron chi connectivity index (χ1n) is 9.11. The summed E-state index contributed by atoms with van der Waals surface area (Å²) in [4.78, 5) is 10.8. The quantitative estimate of drug-likeness (QED) is 0.473. The van der Waals surface area contributed by atoms with Crippen LogP contribution in [0.1, 0.15) is 17.0 Å². The molecule has 0 bridgehead atoms. The number of nitrogens with two attached hydrogens (primary N) is 1. The number of nitro benzene ring substituents is 1. The van der Waals surface area contributed by atoms with E-state index < -0.39 is 10.8 Å². The van der Waals surface area contributed by atoms with Crippen LogP contribution in [0.3, 0.4) is 0 Å². The Bertz CT molecular complexity index is 1260. The Kier molecular flexibility index (Phi) is 4.92. The van der Waals surface area contributed by atoms with Gasteiger partial charge in [0.1, 0.15) is 11.6 Å². The number of aromatic amines is 1. The van der Waals surface area contributed by atoms with Crippen molar-refractivity contribution in [3.05, 3.63) is 75.2 Å². The first-order valence-corrected chi connectivity index (χ1v) is 9.11. The Labute approximate surface area is 176 Å². The summed E-state index contributed by atoms with van der Waals surface area (Å²) in [5.41, 5.74) is 8.20. The van der Waals surface area contributed by atoms with Crippen molar-refractivity contribution in [1.82, 2.24) is 10.2 Å². The van der Waals surface area contributed by atoms with Crippen LogP contribution in [-0.4, -0.2) is 29.3 Å². The lowest BCUT2D eigenvalue weighted by molar-refractivity contribution is -0.384. The maximum Gasteiger partial charge on any atom is 0.270 e. The molecule has 0 saturated heterocycles. The van der Waals surface area contributed by atoms with Gasteiger partial charge in [-0.25, -0.2) is 0 Å². The molecule has 0 fully saturated rings. The van der Waals surface area contributed by atoms with Gasteiger partial charge in [0.2, 0.25) is 11.8 Å². The number of allylic oxidation sites excluding steroid dienone is 1. The molecule has 0 aliphatic carbocycles. The van der Waals surface area contributed by atoms with Gasteiger partial charge in [0, 0.05) is 23.3 Å². The van der Waals surface area contributed by atoms with E-state index in [9.17, 15) is 15.4 Å². The lowest BCUT2D eigenvalue weighted by Crippen LogP contribution is -2.21. The van der Waals surface area contributed by atoms with Crippen molar-refractivity contribution < 1.29 is 19.1 Å². The molecule has 31 heavy (non-hydrogen) atoms. The first kappa shape index (κ1) is 19.8. The van der Waals surface area contributed by atoms with E-state index in [4.69, 9.17) is 19.9 Å². The number of hydrogen-bond donors (Lipinski definition) is 2. The number of aromatic nitrogens is 2. The van der Waals surface area contributed by atoms with Crippen LogP contribution < -0.4 is 19.9 Å². The zero-order valence-corrected chi connectivity index (χ0v) is 16.6. The van der Waals surface area contributed by atoms with Gasteiger partial charge in [-0.3, -0.25) is 15.2 Å². The van der Waals surface area contributed by atoms with E-state index in [0.29, 0.717) is 33.9 Å². The monoisotopic (exact) mass is 419 g/mol. The number of ether oxygens (including phenoxy) is 3. The number of methoxy groups -OCH3 is 2.